The van der Waals surface area contributed by atoms with Gasteiger partial charge in [-0.3, -0.25) is 14.9 Å². The van der Waals surface area contributed by atoms with Gasteiger partial charge in [-0.05, 0) is 43.5 Å². The number of furan rings is 1. The summed E-state index contributed by atoms with van der Waals surface area (Å²) in [5.74, 6) is 0.505. The molecule has 1 fully saturated rings. The minimum atomic E-state index is -0.447. The lowest BCUT2D eigenvalue weighted by Crippen LogP contribution is -2.36. The summed E-state index contributed by atoms with van der Waals surface area (Å²) in [5, 5.41) is 23.1. The van der Waals surface area contributed by atoms with Gasteiger partial charge in [0.05, 0.1) is 4.92 Å². The molecular formula is C21H21N3O4. The summed E-state index contributed by atoms with van der Waals surface area (Å²) in [7, 11) is 0. The molecule has 0 spiro atoms. The van der Waals surface area contributed by atoms with E-state index in [1.54, 1.807) is 25.1 Å². The molecule has 144 valence electrons. The number of nitriles is 1. The number of aryl methyl sites for hydroxylation is 1. The molecule has 1 aliphatic carbocycles. The number of nitrogens with one attached hydrogen (secondary N) is 1. The number of hydrogen-bond acceptors (Lipinski definition) is 5. The molecule has 0 radical (unpaired) electrons. The first-order valence-corrected chi connectivity index (χ1v) is 9.26. The van der Waals surface area contributed by atoms with Crippen molar-refractivity contribution in [3.8, 4) is 17.4 Å². The van der Waals surface area contributed by atoms with Crippen LogP contribution in [0.1, 0.15) is 43.4 Å². The van der Waals surface area contributed by atoms with Gasteiger partial charge in [-0.1, -0.05) is 19.3 Å². The second-order valence-electron chi connectivity index (χ2n) is 6.94. The first kappa shape index (κ1) is 19.4. The highest BCUT2D eigenvalue weighted by Crippen LogP contribution is 2.29. The first-order chi connectivity index (χ1) is 13.5. The monoisotopic (exact) mass is 379 g/mol. The molecule has 3 rings (SSSR count). The first-order valence-electron chi connectivity index (χ1n) is 9.26. The minimum absolute atomic E-state index is 0.00750. The van der Waals surface area contributed by atoms with Crippen LogP contribution in [0.5, 0.6) is 0 Å². The van der Waals surface area contributed by atoms with Crippen LogP contribution < -0.4 is 5.32 Å². The number of nitro benzene ring substituents is 1. The maximum absolute atomic E-state index is 12.4. The Labute approximate surface area is 162 Å². The fourth-order valence-corrected chi connectivity index (χ4v) is 3.41. The predicted octanol–water partition coefficient (Wildman–Crippen LogP) is 4.52. The Morgan fingerprint density at radius 3 is 2.68 bits per heavy atom. The summed E-state index contributed by atoms with van der Waals surface area (Å²) in [6.45, 7) is 1.76. The van der Waals surface area contributed by atoms with Gasteiger partial charge in [0.15, 0.2) is 0 Å². The quantitative estimate of drug-likeness (QED) is 0.355. The Morgan fingerprint density at radius 1 is 1.29 bits per heavy atom. The molecule has 1 saturated carbocycles. The standard InChI is InChI=1S/C21H21N3O4/c1-14-11-17(24(26)27)7-9-19(14)20-10-8-18(28-20)12-15(13-22)21(25)23-16-5-3-2-4-6-16/h7-12,16H,2-6H2,1H3,(H,23,25)/b15-12-. The number of hydrogen-bond donors (Lipinski definition) is 1. The largest absolute Gasteiger partial charge is 0.457 e. The van der Waals surface area contributed by atoms with E-state index in [1.165, 1.54) is 24.6 Å². The molecule has 28 heavy (non-hydrogen) atoms. The average molecular weight is 379 g/mol. The third-order valence-electron chi connectivity index (χ3n) is 4.91. The van der Waals surface area contributed by atoms with Crippen LogP contribution in [0.4, 0.5) is 5.69 Å². The van der Waals surface area contributed by atoms with E-state index in [1.807, 2.05) is 6.07 Å². The number of rotatable bonds is 5. The van der Waals surface area contributed by atoms with E-state index in [9.17, 15) is 20.2 Å². The average Bonchev–Trinajstić information content (AvgIpc) is 3.15. The van der Waals surface area contributed by atoms with Gasteiger partial charge in [-0.25, -0.2) is 0 Å². The molecule has 1 aromatic carbocycles. The summed E-state index contributed by atoms with van der Waals surface area (Å²) >= 11 is 0. The lowest BCUT2D eigenvalue weighted by atomic mass is 9.95. The van der Waals surface area contributed by atoms with Gasteiger partial charge in [0.1, 0.15) is 23.2 Å². The van der Waals surface area contributed by atoms with Gasteiger partial charge < -0.3 is 9.73 Å². The number of carbonyl (C=O) groups excluding carboxylic acids is 1. The third kappa shape index (κ3) is 4.46. The molecule has 0 aliphatic heterocycles. The number of non-ortho nitro benzene ring substituents is 1. The Kier molecular flexibility index (Phi) is 5.90. The topological polar surface area (TPSA) is 109 Å². The van der Waals surface area contributed by atoms with Crippen molar-refractivity contribution >= 4 is 17.7 Å². The molecule has 0 saturated heterocycles. The van der Waals surface area contributed by atoms with Crippen LogP contribution in [0.3, 0.4) is 0 Å². The van der Waals surface area contributed by atoms with Gasteiger partial charge in [0.25, 0.3) is 11.6 Å². The molecule has 7 nitrogen and oxygen atoms in total. The Morgan fingerprint density at radius 2 is 2.04 bits per heavy atom. The van der Waals surface area contributed by atoms with Crippen LogP contribution in [0.2, 0.25) is 0 Å². The fraction of sp³-hybridized carbons (Fsp3) is 0.333. The molecule has 1 aliphatic rings. The maximum atomic E-state index is 12.4. The third-order valence-corrected chi connectivity index (χ3v) is 4.91. The maximum Gasteiger partial charge on any atom is 0.269 e. The Bertz CT molecular complexity index is 962. The van der Waals surface area contributed by atoms with E-state index < -0.39 is 4.92 Å². The molecule has 2 aromatic rings. The van der Waals surface area contributed by atoms with Gasteiger partial charge >= 0.3 is 0 Å². The molecule has 0 unspecified atom stereocenters. The molecule has 1 heterocycles. The van der Waals surface area contributed by atoms with Gasteiger partial charge in [-0.2, -0.15) is 5.26 Å². The van der Waals surface area contributed by atoms with Crippen molar-refractivity contribution in [1.29, 1.82) is 5.26 Å². The normalized spacial score (nSPS) is 15.1. The van der Waals surface area contributed by atoms with E-state index >= 15 is 0 Å². The van der Waals surface area contributed by atoms with Crippen molar-refractivity contribution in [3.63, 3.8) is 0 Å². The highest BCUT2D eigenvalue weighted by atomic mass is 16.6. The van der Waals surface area contributed by atoms with Gasteiger partial charge in [0.2, 0.25) is 0 Å². The van der Waals surface area contributed by atoms with Crippen molar-refractivity contribution in [2.24, 2.45) is 0 Å². The van der Waals surface area contributed by atoms with Crippen molar-refractivity contribution in [2.75, 3.05) is 0 Å². The smallest absolute Gasteiger partial charge is 0.269 e. The zero-order valence-corrected chi connectivity index (χ0v) is 15.6. The Balaban J connectivity index is 1.77. The van der Waals surface area contributed by atoms with E-state index in [2.05, 4.69) is 5.32 Å². The molecule has 1 N–H and O–H groups in total. The van der Waals surface area contributed by atoms with Crippen molar-refractivity contribution < 1.29 is 14.1 Å². The van der Waals surface area contributed by atoms with E-state index in [0.29, 0.717) is 17.1 Å². The zero-order valence-electron chi connectivity index (χ0n) is 15.6. The highest BCUT2D eigenvalue weighted by Gasteiger charge is 2.19. The molecule has 1 aromatic heterocycles. The van der Waals surface area contributed by atoms with Gasteiger partial charge in [0, 0.05) is 29.8 Å². The van der Waals surface area contributed by atoms with Crippen molar-refractivity contribution in [2.45, 2.75) is 45.1 Å². The molecular weight excluding hydrogens is 358 g/mol. The van der Waals surface area contributed by atoms with Crippen LogP contribution in [0.25, 0.3) is 17.4 Å². The molecule has 1 amide bonds. The summed E-state index contributed by atoms with van der Waals surface area (Å²) in [6.07, 6.45) is 6.66. The summed E-state index contributed by atoms with van der Waals surface area (Å²) in [4.78, 5) is 22.8. The molecule has 0 bridgehead atoms. The number of carbonyl (C=O) groups is 1. The molecule has 0 atom stereocenters. The van der Waals surface area contributed by atoms with Crippen molar-refractivity contribution in [3.05, 3.63) is 57.3 Å². The fourth-order valence-electron chi connectivity index (χ4n) is 3.41. The minimum Gasteiger partial charge on any atom is -0.457 e. The number of nitro groups is 1. The lowest BCUT2D eigenvalue weighted by molar-refractivity contribution is -0.384. The second kappa shape index (κ2) is 8.53. The lowest BCUT2D eigenvalue weighted by Gasteiger charge is -2.22. The van der Waals surface area contributed by atoms with Crippen LogP contribution in [0.15, 0.2) is 40.3 Å². The van der Waals surface area contributed by atoms with Crippen LogP contribution in [0, 0.1) is 28.4 Å². The number of amides is 1. The second-order valence-corrected chi connectivity index (χ2v) is 6.94. The van der Waals surface area contributed by atoms with Crippen LogP contribution in [-0.2, 0) is 4.79 Å². The van der Waals surface area contributed by atoms with E-state index in [4.69, 9.17) is 4.42 Å². The Hall–Kier alpha value is -3.40. The summed E-state index contributed by atoms with van der Waals surface area (Å²) in [6, 6.07) is 9.96. The summed E-state index contributed by atoms with van der Waals surface area (Å²) < 4.78 is 5.75. The van der Waals surface area contributed by atoms with E-state index in [-0.39, 0.29) is 23.2 Å². The SMILES string of the molecule is Cc1cc([N+](=O)[O-])ccc1-c1ccc(/C=C(/C#N)C(=O)NC2CCCCC2)o1. The number of benzene rings is 1. The van der Waals surface area contributed by atoms with E-state index in [0.717, 1.165) is 31.2 Å². The van der Waals surface area contributed by atoms with Crippen LogP contribution in [-0.4, -0.2) is 16.9 Å². The van der Waals surface area contributed by atoms with Crippen LogP contribution >= 0.6 is 0 Å². The molecule has 7 heteroatoms. The van der Waals surface area contributed by atoms with Gasteiger partial charge in [-0.15, -0.1) is 0 Å². The number of nitrogens with zero attached hydrogens (tertiary/aromatic N) is 2. The highest BCUT2D eigenvalue weighted by molar-refractivity contribution is 6.01. The summed E-state index contributed by atoms with van der Waals surface area (Å²) in [5.41, 5.74) is 1.43. The van der Waals surface area contributed by atoms with Crippen molar-refractivity contribution in [1.82, 2.24) is 5.32 Å². The predicted molar refractivity (Wildman–Crippen MR) is 104 cm³/mol. The zero-order chi connectivity index (χ0) is 20.1.